The average Bonchev–Trinajstić information content (AvgIpc) is 2.02. The third kappa shape index (κ3) is 4.51. The van der Waals surface area contributed by atoms with Gasteiger partial charge in [0.15, 0.2) is 0 Å². The summed E-state index contributed by atoms with van der Waals surface area (Å²) in [7, 11) is 2.83. The van der Waals surface area contributed by atoms with Crippen molar-refractivity contribution >= 4 is 12.0 Å². The van der Waals surface area contributed by atoms with Crippen LogP contribution < -0.4 is 5.32 Å². The van der Waals surface area contributed by atoms with Crippen LogP contribution in [0.15, 0.2) is 0 Å². The molecule has 0 aliphatic heterocycles. The molecule has 0 spiro atoms. The number of carbonyl (C=O) groups excluding carboxylic acids is 1. The third-order valence-electron chi connectivity index (χ3n) is 1.24. The molecule has 12 heavy (non-hydrogen) atoms. The zero-order valence-electron chi connectivity index (χ0n) is 7.03. The summed E-state index contributed by atoms with van der Waals surface area (Å²) in [4.78, 5) is 25.5. The van der Waals surface area contributed by atoms with Crippen molar-refractivity contribution in [1.82, 2.24) is 10.4 Å². The van der Waals surface area contributed by atoms with Crippen LogP contribution in [0.2, 0.25) is 0 Å². The summed E-state index contributed by atoms with van der Waals surface area (Å²) in [6, 6.07) is 0. The Morgan fingerprint density at radius 1 is 1.58 bits per heavy atom. The van der Waals surface area contributed by atoms with Crippen molar-refractivity contribution in [3.63, 3.8) is 0 Å². The van der Waals surface area contributed by atoms with Crippen molar-refractivity contribution < 1.29 is 19.5 Å². The summed E-state index contributed by atoms with van der Waals surface area (Å²) in [5.74, 6) is -0.272. The monoisotopic (exact) mass is 176 g/mol. The Bertz CT molecular complexity index is 171. The Morgan fingerprint density at radius 2 is 2.17 bits per heavy atom. The number of amides is 2. The normalized spacial score (nSPS) is 9.17. The quantitative estimate of drug-likeness (QED) is 0.574. The molecule has 2 amide bonds. The van der Waals surface area contributed by atoms with E-state index in [0.717, 1.165) is 5.06 Å². The van der Waals surface area contributed by atoms with Crippen LogP contribution in [0, 0.1) is 0 Å². The summed E-state index contributed by atoms with van der Waals surface area (Å²) in [5, 5.41) is 11.3. The van der Waals surface area contributed by atoms with Crippen molar-refractivity contribution in [2.75, 3.05) is 20.7 Å². The summed E-state index contributed by atoms with van der Waals surface area (Å²) in [5.41, 5.74) is 0. The highest BCUT2D eigenvalue weighted by Gasteiger charge is 2.07. The van der Waals surface area contributed by atoms with Crippen molar-refractivity contribution in [3.8, 4) is 0 Å². The molecule has 0 saturated heterocycles. The fourth-order valence-electron chi connectivity index (χ4n) is 0.536. The van der Waals surface area contributed by atoms with Gasteiger partial charge in [0.05, 0.1) is 7.11 Å². The van der Waals surface area contributed by atoms with Crippen molar-refractivity contribution in [1.29, 1.82) is 0 Å². The lowest BCUT2D eigenvalue weighted by Gasteiger charge is -2.12. The number of rotatable bonds is 4. The van der Waals surface area contributed by atoms with Gasteiger partial charge in [0, 0.05) is 20.0 Å². The van der Waals surface area contributed by atoms with E-state index < -0.39 is 6.09 Å². The molecule has 0 saturated carbocycles. The number of carboxylic acid groups (broad SMARTS) is 1. The minimum atomic E-state index is -1.14. The van der Waals surface area contributed by atoms with Crippen LogP contribution in [0.3, 0.4) is 0 Å². The Hall–Kier alpha value is -1.30. The fourth-order valence-corrected chi connectivity index (χ4v) is 0.536. The van der Waals surface area contributed by atoms with E-state index in [1.807, 2.05) is 0 Å². The van der Waals surface area contributed by atoms with Crippen molar-refractivity contribution in [2.45, 2.75) is 6.42 Å². The van der Waals surface area contributed by atoms with Crippen LogP contribution in [0.4, 0.5) is 4.79 Å². The van der Waals surface area contributed by atoms with Gasteiger partial charge in [-0.25, -0.2) is 9.86 Å². The molecular formula is C6H12N2O4. The summed E-state index contributed by atoms with van der Waals surface area (Å²) in [6.07, 6.45) is -1.04. The Labute approximate surface area is 70.1 Å². The van der Waals surface area contributed by atoms with Crippen LogP contribution in [0.25, 0.3) is 0 Å². The first-order chi connectivity index (χ1) is 5.57. The van der Waals surface area contributed by atoms with Crippen molar-refractivity contribution in [2.24, 2.45) is 0 Å². The van der Waals surface area contributed by atoms with Gasteiger partial charge in [-0.2, -0.15) is 0 Å². The lowest BCUT2D eigenvalue weighted by molar-refractivity contribution is -0.168. The van der Waals surface area contributed by atoms with Crippen molar-refractivity contribution in [3.05, 3.63) is 0 Å². The predicted octanol–water partition coefficient (Wildman–Crippen LogP) is -0.336. The molecule has 70 valence electrons. The smallest absolute Gasteiger partial charge is 0.404 e. The van der Waals surface area contributed by atoms with Crippen LogP contribution in [-0.2, 0) is 9.63 Å². The van der Waals surface area contributed by atoms with Crippen LogP contribution in [0.5, 0.6) is 0 Å². The lowest BCUT2D eigenvalue weighted by Crippen LogP contribution is -2.30. The second-order valence-corrected chi connectivity index (χ2v) is 2.06. The maximum atomic E-state index is 10.9. The van der Waals surface area contributed by atoms with E-state index in [2.05, 4.69) is 10.2 Å². The molecule has 0 fully saturated rings. The van der Waals surface area contributed by atoms with Gasteiger partial charge in [-0.1, -0.05) is 0 Å². The first kappa shape index (κ1) is 10.7. The third-order valence-corrected chi connectivity index (χ3v) is 1.24. The van der Waals surface area contributed by atoms with Crippen LogP contribution in [-0.4, -0.2) is 42.9 Å². The minimum Gasteiger partial charge on any atom is -0.465 e. The Balaban J connectivity index is 3.50. The first-order valence-electron chi connectivity index (χ1n) is 3.35. The van der Waals surface area contributed by atoms with E-state index in [-0.39, 0.29) is 18.9 Å². The van der Waals surface area contributed by atoms with Crippen LogP contribution >= 0.6 is 0 Å². The molecule has 0 radical (unpaired) electrons. The summed E-state index contributed by atoms with van der Waals surface area (Å²) < 4.78 is 0. The van der Waals surface area contributed by atoms with Gasteiger partial charge in [-0.05, 0) is 0 Å². The number of hydrogen-bond acceptors (Lipinski definition) is 3. The molecule has 0 aromatic heterocycles. The van der Waals surface area contributed by atoms with E-state index >= 15 is 0 Å². The molecule has 6 heteroatoms. The van der Waals surface area contributed by atoms with E-state index in [4.69, 9.17) is 5.11 Å². The summed E-state index contributed by atoms with van der Waals surface area (Å²) in [6.45, 7) is 0.0991. The highest BCUT2D eigenvalue weighted by atomic mass is 16.7. The zero-order valence-corrected chi connectivity index (χ0v) is 7.03. The molecule has 0 aliphatic carbocycles. The van der Waals surface area contributed by atoms with E-state index in [1.54, 1.807) is 0 Å². The molecule has 6 nitrogen and oxygen atoms in total. The topological polar surface area (TPSA) is 78.9 Å². The molecule has 0 rings (SSSR count). The van der Waals surface area contributed by atoms with Gasteiger partial charge in [0.25, 0.3) is 0 Å². The molecule has 2 N–H and O–H groups in total. The second-order valence-electron chi connectivity index (χ2n) is 2.06. The van der Waals surface area contributed by atoms with Gasteiger partial charge in [-0.3, -0.25) is 9.63 Å². The molecule has 0 aromatic carbocycles. The van der Waals surface area contributed by atoms with Gasteiger partial charge in [-0.15, -0.1) is 0 Å². The number of carbonyl (C=O) groups is 2. The lowest BCUT2D eigenvalue weighted by atomic mass is 10.4. The molecule has 0 unspecified atom stereocenters. The number of nitrogens with one attached hydrogen (secondary N) is 1. The van der Waals surface area contributed by atoms with Gasteiger partial charge in [0.2, 0.25) is 5.91 Å². The zero-order chi connectivity index (χ0) is 9.56. The second kappa shape index (κ2) is 5.36. The largest absolute Gasteiger partial charge is 0.465 e. The predicted molar refractivity (Wildman–Crippen MR) is 40.4 cm³/mol. The highest BCUT2D eigenvalue weighted by molar-refractivity contribution is 5.75. The maximum absolute atomic E-state index is 10.9. The van der Waals surface area contributed by atoms with Gasteiger partial charge >= 0.3 is 6.09 Å². The van der Waals surface area contributed by atoms with Gasteiger partial charge in [0.1, 0.15) is 0 Å². The van der Waals surface area contributed by atoms with Crippen LogP contribution in [0.1, 0.15) is 6.42 Å². The SMILES string of the molecule is CON(C)C(=O)CCNC(=O)O. The number of nitrogens with zero attached hydrogens (tertiary/aromatic N) is 1. The molecule has 0 aliphatic rings. The summed E-state index contributed by atoms with van der Waals surface area (Å²) >= 11 is 0. The molecule has 0 bridgehead atoms. The standard InChI is InChI=1S/C6H12N2O4/c1-8(12-2)5(9)3-4-7-6(10)11/h7H,3-4H2,1-2H3,(H,10,11). The first-order valence-corrected chi connectivity index (χ1v) is 3.35. The average molecular weight is 176 g/mol. The molecule has 0 atom stereocenters. The van der Waals surface area contributed by atoms with Gasteiger partial charge < -0.3 is 10.4 Å². The molecular weight excluding hydrogens is 164 g/mol. The molecule has 0 heterocycles. The van der Waals surface area contributed by atoms with E-state index in [9.17, 15) is 9.59 Å². The maximum Gasteiger partial charge on any atom is 0.404 e. The fraction of sp³-hybridized carbons (Fsp3) is 0.667. The Morgan fingerprint density at radius 3 is 2.58 bits per heavy atom. The Kier molecular flexibility index (Phi) is 4.78. The highest BCUT2D eigenvalue weighted by Crippen LogP contribution is 1.88. The molecule has 0 aromatic rings. The number of hydroxylamine groups is 2. The minimum absolute atomic E-state index is 0.0939. The number of hydrogen-bond donors (Lipinski definition) is 2. The van der Waals surface area contributed by atoms with E-state index in [0.29, 0.717) is 0 Å². The van der Waals surface area contributed by atoms with E-state index in [1.165, 1.54) is 14.2 Å².